The minimum Gasteiger partial charge on any atom is -0.379 e. The Morgan fingerprint density at radius 3 is 2.45 bits per heavy atom. The standard InChI is InChI=1S/C25H29Cl2N5O4S2/c1-4-16(2)32-23(18-6-5-7-22(12-18)38(34,35)31-8-10-36-11-9-31)29-30-25(32)37-17(3)24(33)28-21-14-19(26)13-20(27)15-21/h5-7,12-17H,4,8-11H2,1-3H3,(H,28,33)/t16-,17+/m0/s1. The molecule has 2 heterocycles. The van der Waals surface area contributed by atoms with E-state index in [4.69, 9.17) is 27.9 Å². The summed E-state index contributed by atoms with van der Waals surface area (Å²) in [5.74, 6) is 0.294. The van der Waals surface area contributed by atoms with Gasteiger partial charge < -0.3 is 10.1 Å². The van der Waals surface area contributed by atoms with Crippen LogP contribution in [0, 0.1) is 0 Å². The Morgan fingerprint density at radius 1 is 1.11 bits per heavy atom. The molecule has 1 saturated heterocycles. The van der Waals surface area contributed by atoms with Crippen molar-refractivity contribution in [2.45, 2.75) is 48.5 Å². The lowest BCUT2D eigenvalue weighted by Gasteiger charge is -2.26. The van der Waals surface area contributed by atoms with Crippen molar-refractivity contribution >= 4 is 56.6 Å². The second-order valence-electron chi connectivity index (χ2n) is 8.89. The number of nitrogens with one attached hydrogen (secondary N) is 1. The molecule has 38 heavy (non-hydrogen) atoms. The summed E-state index contributed by atoms with van der Waals surface area (Å²) in [6.07, 6.45) is 0.784. The molecular weight excluding hydrogens is 569 g/mol. The number of morpholine rings is 1. The highest BCUT2D eigenvalue weighted by molar-refractivity contribution is 8.00. The average molecular weight is 599 g/mol. The van der Waals surface area contributed by atoms with Crippen molar-refractivity contribution in [1.82, 2.24) is 19.1 Å². The third-order valence-electron chi connectivity index (χ3n) is 6.18. The Bertz CT molecular complexity index is 1390. The van der Waals surface area contributed by atoms with Crippen LogP contribution in [0.5, 0.6) is 0 Å². The molecule has 13 heteroatoms. The molecule has 0 unspecified atom stereocenters. The highest BCUT2D eigenvalue weighted by Gasteiger charge is 2.28. The van der Waals surface area contributed by atoms with E-state index in [1.54, 1.807) is 43.3 Å². The van der Waals surface area contributed by atoms with Crippen molar-refractivity contribution in [3.63, 3.8) is 0 Å². The van der Waals surface area contributed by atoms with Crippen LogP contribution in [0.4, 0.5) is 5.69 Å². The largest absolute Gasteiger partial charge is 0.379 e. The van der Waals surface area contributed by atoms with Crippen LogP contribution in [0.15, 0.2) is 52.5 Å². The van der Waals surface area contributed by atoms with Crippen molar-refractivity contribution in [3.8, 4) is 11.4 Å². The lowest BCUT2D eigenvalue weighted by atomic mass is 10.2. The number of hydrogen-bond donors (Lipinski definition) is 1. The first-order valence-corrected chi connectivity index (χ1v) is 15.2. The van der Waals surface area contributed by atoms with Crippen LogP contribution in [0.2, 0.25) is 10.0 Å². The summed E-state index contributed by atoms with van der Waals surface area (Å²) < 4.78 is 35.1. The molecule has 1 fully saturated rings. The predicted octanol–water partition coefficient (Wildman–Crippen LogP) is 5.36. The number of carbonyl (C=O) groups is 1. The summed E-state index contributed by atoms with van der Waals surface area (Å²) in [5, 5.41) is 12.5. The zero-order chi connectivity index (χ0) is 27.4. The zero-order valence-electron chi connectivity index (χ0n) is 21.2. The first kappa shape index (κ1) is 28.8. The number of hydrogen-bond acceptors (Lipinski definition) is 7. The fraction of sp³-hybridized carbons (Fsp3) is 0.400. The Balaban J connectivity index is 1.60. The van der Waals surface area contributed by atoms with Gasteiger partial charge in [0.25, 0.3) is 0 Å². The van der Waals surface area contributed by atoms with Crippen molar-refractivity contribution in [2.24, 2.45) is 0 Å². The summed E-state index contributed by atoms with van der Waals surface area (Å²) in [7, 11) is -3.67. The predicted molar refractivity (Wildman–Crippen MR) is 150 cm³/mol. The quantitative estimate of drug-likeness (QED) is 0.331. The van der Waals surface area contributed by atoms with Gasteiger partial charge in [0.2, 0.25) is 15.9 Å². The van der Waals surface area contributed by atoms with Crippen LogP contribution in [0.1, 0.15) is 33.2 Å². The number of halogens is 2. The van der Waals surface area contributed by atoms with E-state index in [0.29, 0.717) is 58.6 Å². The number of benzene rings is 2. The lowest BCUT2D eigenvalue weighted by molar-refractivity contribution is -0.115. The molecule has 1 aromatic heterocycles. The van der Waals surface area contributed by atoms with Crippen LogP contribution in [-0.4, -0.2) is 64.9 Å². The Labute approximate surface area is 236 Å². The van der Waals surface area contributed by atoms with Gasteiger partial charge in [-0.3, -0.25) is 9.36 Å². The number of amides is 1. The number of nitrogens with zero attached hydrogens (tertiary/aromatic N) is 4. The van der Waals surface area contributed by atoms with E-state index < -0.39 is 15.3 Å². The van der Waals surface area contributed by atoms with Crippen LogP contribution >= 0.6 is 35.0 Å². The molecule has 0 bridgehead atoms. The summed E-state index contributed by atoms with van der Waals surface area (Å²) in [6, 6.07) is 11.6. The number of sulfonamides is 1. The van der Waals surface area contributed by atoms with Gasteiger partial charge in [-0.2, -0.15) is 4.31 Å². The Morgan fingerprint density at radius 2 is 1.79 bits per heavy atom. The van der Waals surface area contributed by atoms with Gasteiger partial charge in [-0.1, -0.05) is 54.0 Å². The number of rotatable bonds is 9. The van der Waals surface area contributed by atoms with Gasteiger partial charge in [0, 0.05) is 40.4 Å². The zero-order valence-corrected chi connectivity index (χ0v) is 24.4. The molecule has 1 amide bonds. The van der Waals surface area contributed by atoms with Crippen LogP contribution < -0.4 is 5.32 Å². The van der Waals surface area contributed by atoms with Gasteiger partial charge in [0.05, 0.1) is 23.4 Å². The fourth-order valence-corrected chi connectivity index (χ4v) is 6.88. The minimum atomic E-state index is -3.67. The molecule has 0 radical (unpaired) electrons. The molecule has 204 valence electrons. The summed E-state index contributed by atoms with van der Waals surface area (Å²) in [6.45, 7) is 7.23. The molecule has 0 aliphatic carbocycles. The molecule has 1 aliphatic heterocycles. The highest BCUT2D eigenvalue weighted by atomic mass is 35.5. The van der Waals surface area contributed by atoms with Gasteiger partial charge in [-0.05, 0) is 50.6 Å². The van der Waals surface area contributed by atoms with Gasteiger partial charge in [-0.25, -0.2) is 8.42 Å². The normalized spacial score (nSPS) is 16.2. The van der Waals surface area contributed by atoms with Crippen LogP contribution in [-0.2, 0) is 19.6 Å². The molecule has 9 nitrogen and oxygen atoms in total. The monoisotopic (exact) mass is 597 g/mol. The van der Waals surface area contributed by atoms with Crippen molar-refractivity contribution in [1.29, 1.82) is 0 Å². The van der Waals surface area contributed by atoms with E-state index in [9.17, 15) is 13.2 Å². The molecule has 0 spiro atoms. The first-order valence-electron chi connectivity index (χ1n) is 12.2. The highest BCUT2D eigenvalue weighted by Crippen LogP contribution is 2.33. The third-order valence-corrected chi connectivity index (χ3v) is 9.57. The number of ether oxygens (including phenoxy) is 1. The van der Waals surface area contributed by atoms with Crippen molar-refractivity contribution in [3.05, 3.63) is 52.5 Å². The maximum absolute atomic E-state index is 13.2. The summed E-state index contributed by atoms with van der Waals surface area (Å²) in [5.41, 5.74) is 1.13. The molecule has 1 aliphatic rings. The van der Waals surface area contributed by atoms with Crippen molar-refractivity contribution in [2.75, 3.05) is 31.6 Å². The number of aromatic nitrogens is 3. The van der Waals surface area contributed by atoms with Gasteiger partial charge >= 0.3 is 0 Å². The first-order chi connectivity index (χ1) is 18.1. The van der Waals surface area contributed by atoms with E-state index in [1.807, 2.05) is 24.5 Å². The number of carbonyl (C=O) groups excluding carboxylic acids is 1. The van der Waals surface area contributed by atoms with E-state index in [1.165, 1.54) is 16.1 Å². The molecule has 0 saturated carbocycles. The molecule has 2 aromatic carbocycles. The van der Waals surface area contributed by atoms with E-state index in [-0.39, 0.29) is 16.8 Å². The number of anilines is 1. The Hall–Kier alpha value is -2.15. The maximum atomic E-state index is 13.2. The minimum absolute atomic E-state index is 0.00371. The van der Waals surface area contributed by atoms with Crippen molar-refractivity contribution < 1.29 is 17.9 Å². The van der Waals surface area contributed by atoms with Gasteiger partial charge in [0.1, 0.15) is 0 Å². The lowest BCUT2D eigenvalue weighted by Crippen LogP contribution is -2.40. The van der Waals surface area contributed by atoms with E-state index in [0.717, 1.165) is 6.42 Å². The molecule has 4 rings (SSSR count). The molecule has 2 atom stereocenters. The van der Waals surface area contributed by atoms with Crippen LogP contribution in [0.3, 0.4) is 0 Å². The third kappa shape index (κ3) is 6.52. The molecule has 1 N–H and O–H groups in total. The summed E-state index contributed by atoms with van der Waals surface area (Å²) in [4.78, 5) is 13.1. The second kappa shape index (κ2) is 12.4. The second-order valence-corrected chi connectivity index (χ2v) is 13.0. The fourth-order valence-electron chi connectivity index (χ4n) is 3.95. The Kier molecular flexibility index (Phi) is 9.38. The van der Waals surface area contributed by atoms with Gasteiger partial charge in [0.15, 0.2) is 11.0 Å². The number of thioether (sulfide) groups is 1. The summed E-state index contributed by atoms with van der Waals surface area (Å²) >= 11 is 13.4. The van der Waals surface area contributed by atoms with E-state index in [2.05, 4.69) is 15.5 Å². The molecule has 3 aromatic rings. The topological polar surface area (TPSA) is 106 Å². The maximum Gasteiger partial charge on any atom is 0.243 e. The molecular formula is C25H29Cl2N5O4S2. The average Bonchev–Trinajstić information content (AvgIpc) is 3.31. The van der Waals surface area contributed by atoms with Gasteiger partial charge in [-0.15, -0.1) is 10.2 Å². The SMILES string of the molecule is CC[C@H](C)n1c(S[C@H](C)C(=O)Nc2cc(Cl)cc(Cl)c2)nnc1-c1cccc(S(=O)(=O)N2CCOCC2)c1. The van der Waals surface area contributed by atoms with Crippen LogP contribution in [0.25, 0.3) is 11.4 Å². The van der Waals surface area contributed by atoms with E-state index >= 15 is 0 Å². The smallest absolute Gasteiger partial charge is 0.243 e.